The number of imide groups is 2. The number of nitrogens with zero attached hydrogens (tertiary/aromatic N) is 4. The van der Waals surface area contributed by atoms with Crippen molar-refractivity contribution in [3.63, 3.8) is 0 Å². The molecule has 1 fully saturated rings. The third-order valence-corrected chi connectivity index (χ3v) is 7.54. The summed E-state index contributed by atoms with van der Waals surface area (Å²) in [5.41, 5.74) is 5.84. The number of benzene rings is 2. The van der Waals surface area contributed by atoms with E-state index in [2.05, 4.69) is 15.6 Å². The minimum Gasteiger partial charge on any atom is -0.354 e. The van der Waals surface area contributed by atoms with Crippen LogP contribution in [0.5, 0.6) is 0 Å². The number of carbonyl (C=O) groups excluding carboxylic acids is 4. The van der Waals surface area contributed by atoms with E-state index in [9.17, 15) is 24.0 Å². The van der Waals surface area contributed by atoms with Crippen LogP contribution in [0.4, 0.5) is 11.4 Å². The Hall–Kier alpha value is -5.06. The summed E-state index contributed by atoms with van der Waals surface area (Å²) in [5.74, 6) is -2.29. The summed E-state index contributed by atoms with van der Waals surface area (Å²) >= 11 is 0. The van der Waals surface area contributed by atoms with E-state index in [0.717, 1.165) is 32.9 Å². The fraction of sp³-hybridized carbons (Fsp3) is 0.241. The Morgan fingerprint density at radius 1 is 0.850 bits per heavy atom. The normalized spacial score (nSPS) is 17.0. The van der Waals surface area contributed by atoms with Crippen LogP contribution in [-0.4, -0.2) is 48.7 Å². The smallest absolute Gasteiger partial charge is 0.328 e. The lowest BCUT2D eigenvalue weighted by atomic mass is 10.0. The predicted octanol–water partition coefficient (Wildman–Crippen LogP) is 2.70. The lowest BCUT2D eigenvalue weighted by molar-refractivity contribution is -0.136. The Morgan fingerprint density at radius 3 is 2.20 bits per heavy atom. The van der Waals surface area contributed by atoms with Gasteiger partial charge in [0.2, 0.25) is 11.8 Å². The SMILES string of the molecule is Cc1cc(-c2cc3c(cc2Nc2cccc4c2C(=O)N([C@H]2CCC(=O)NC2=O)C4=O)n(C)c(=O)n3C)cc(C)n1. The molecule has 2 N–H and O–H groups in total. The maximum atomic E-state index is 13.6. The number of aromatic nitrogens is 3. The zero-order chi connectivity index (χ0) is 28.5. The minimum absolute atomic E-state index is 0.0405. The number of amides is 4. The summed E-state index contributed by atoms with van der Waals surface area (Å²) in [5, 5.41) is 5.57. The number of rotatable bonds is 4. The number of aryl methyl sites for hydroxylation is 4. The maximum absolute atomic E-state index is 13.6. The standard InChI is InChI=1S/C29H26N6O5/c1-14-10-16(11-15(2)30-14)18-12-22-23(34(4)29(40)33(22)3)13-20(18)31-19-7-5-6-17-25(19)28(39)35(27(17)38)21-8-9-24(36)32-26(21)37/h5-7,10-13,21,31H,8-9H2,1-4H3,(H,32,36,37)/t21-/m0/s1. The van der Waals surface area contributed by atoms with Crippen LogP contribution in [0.1, 0.15) is 44.9 Å². The summed E-state index contributed by atoms with van der Waals surface area (Å²) in [6.45, 7) is 3.80. The second-order valence-corrected chi connectivity index (χ2v) is 10.2. The molecule has 2 aromatic carbocycles. The molecule has 0 spiro atoms. The number of carbonyl (C=O) groups is 4. The van der Waals surface area contributed by atoms with E-state index >= 15 is 0 Å². The predicted molar refractivity (Wildman–Crippen MR) is 147 cm³/mol. The Kier molecular flexibility index (Phi) is 5.68. The molecule has 11 heteroatoms. The van der Waals surface area contributed by atoms with E-state index in [1.807, 2.05) is 38.1 Å². The van der Waals surface area contributed by atoms with E-state index in [4.69, 9.17) is 0 Å². The summed E-state index contributed by atoms with van der Waals surface area (Å²) < 4.78 is 3.12. The first-order valence-corrected chi connectivity index (χ1v) is 12.8. The van der Waals surface area contributed by atoms with Crippen molar-refractivity contribution in [2.45, 2.75) is 32.7 Å². The van der Waals surface area contributed by atoms with Gasteiger partial charge in [-0.3, -0.25) is 43.5 Å². The van der Waals surface area contributed by atoms with Crippen LogP contribution >= 0.6 is 0 Å². The molecule has 4 amide bonds. The minimum atomic E-state index is -1.06. The molecule has 2 aliphatic heterocycles. The van der Waals surface area contributed by atoms with Crippen LogP contribution in [-0.2, 0) is 23.7 Å². The van der Waals surface area contributed by atoms with Crippen molar-refractivity contribution < 1.29 is 19.2 Å². The zero-order valence-corrected chi connectivity index (χ0v) is 22.4. The second kappa shape index (κ2) is 9.01. The molecule has 0 aliphatic carbocycles. The summed E-state index contributed by atoms with van der Waals surface area (Å²) in [7, 11) is 3.40. The van der Waals surface area contributed by atoms with Gasteiger partial charge in [0.25, 0.3) is 11.8 Å². The van der Waals surface area contributed by atoms with Crippen LogP contribution in [0.2, 0.25) is 0 Å². The van der Waals surface area contributed by atoms with E-state index in [0.29, 0.717) is 16.9 Å². The topological polar surface area (TPSA) is 135 Å². The van der Waals surface area contributed by atoms with Gasteiger partial charge in [0.15, 0.2) is 0 Å². The summed E-state index contributed by atoms with van der Waals surface area (Å²) in [6, 6.07) is 11.5. The molecular formula is C29H26N6O5. The number of imidazole rings is 1. The number of hydrogen-bond acceptors (Lipinski definition) is 7. The van der Waals surface area contributed by atoms with Crippen LogP contribution in [0.15, 0.2) is 47.3 Å². The van der Waals surface area contributed by atoms with Crippen molar-refractivity contribution in [3.05, 3.63) is 75.5 Å². The van der Waals surface area contributed by atoms with Crippen LogP contribution in [0.3, 0.4) is 0 Å². The Bertz CT molecular complexity index is 1850. The summed E-state index contributed by atoms with van der Waals surface area (Å²) in [4.78, 5) is 69.3. The van der Waals surface area contributed by atoms with Crippen molar-refractivity contribution in [2.75, 3.05) is 5.32 Å². The van der Waals surface area contributed by atoms with Gasteiger partial charge >= 0.3 is 5.69 Å². The average molecular weight is 539 g/mol. The van der Waals surface area contributed by atoms with Crippen LogP contribution < -0.4 is 16.3 Å². The molecule has 4 heterocycles. The third kappa shape index (κ3) is 3.81. The number of anilines is 2. The molecule has 0 bridgehead atoms. The molecule has 40 heavy (non-hydrogen) atoms. The highest BCUT2D eigenvalue weighted by atomic mass is 16.2. The molecule has 1 atom stereocenters. The maximum Gasteiger partial charge on any atom is 0.328 e. The molecule has 1 saturated heterocycles. The third-order valence-electron chi connectivity index (χ3n) is 7.54. The van der Waals surface area contributed by atoms with Gasteiger partial charge in [-0.15, -0.1) is 0 Å². The second-order valence-electron chi connectivity index (χ2n) is 10.2. The molecule has 2 aromatic heterocycles. The summed E-state index contributed by atoms with van der Waals surface area (Å²) in [6.07, 6.45) is 0.112. The average Bonchev–Trinajstić information content (AvgIpc) is 3.28. The highest BCUT2D eigenvalue weighted by molar-refractivity contribution is 6.25. The van der Waals surface area contributed by atoms with Crippen LogP contribution in [0, 0.1) is 13.8 Å². The molecule has 0 unspecified atom stereocenters. The van der Waals surface area contributed by atoms with E-state index in [-0.39, 0.29) is 29.7 Å². The van der Waals surface area contributed by atoms with Gasteiger partial charge in [-0.05, 0) is 62.2 Å². The molecule has 202 valence electrons. The molecule has 2 aliphatic rings. The van der Waals surface area contributed by atoms with Gasteiger partial charge in [-0.1, -0.05) is 6.07 Å². The monoisotopic (exact) mass is 538 g/mol. The first-order chi connectivity index (χ1) is 19.0. The number of fused-ring (bicyclic) bond motifs is 2. The van der Waals surface area contributed by atoms with Crippen molar-refractivity contribution in [2.24, 2.45) is 14.1 Å². The highest BCUT2D eigenvalue weighted by Gasteiger charge is 2.45. The highest BCUT2D eigenvalue weighted by Crippen LogP contribution is 2.38. The molecule has 4 aromatic rings. The van der Waals surface area contributed by atoms with Gasteiger partial charge < -0.3 is 5.32 Å². The van der Waals surface area contributed by atoms with Gasteiger partial charge in [-0.25, -0.2) is 4.79 Å². The molecule has 0 saturated carbocycles. The Labute approximate surface area is 228 Å². The number of piperidine rings is 1. The lowest BCUT2D eigenvalue weighted by Gasteiger charge is -2.27. The van der Waals surface area contributed by atoms with Crippen molar-refractivity contribution in [1.29, 1.82) is 0 Å². The van der Waals surface area contributed by atoms with Crippen LogP contribution in [0.25, 0.3) is 22.2 Å². The quantitative estimate of drug-likeness (QED) is 0.382. The first kappa shape index (κ1) is 25.2. The van der Waals surface area contributed by atoms with Crippen molar-refractivity contribution in [1.82, 2.24) is 24.3 Å². The van der Waals surface area contributed by atoms with Gasteiger partial charge in [-0.2, -0.15) is 0 Å². The first-order valence-electron chi connectivity index (χ1n) is 12.8. The Balaban J connectivity index is 1.49. The fourth-order valence-electron chi connectivity index (χ4n) is 5.64. The number of nitrogens with one attached hydrogen (secondary N) is 2. The molecule has 11 nitrogen and oxygen atoms in total. The van der Waals surface area contributed by atoms with E-state index in [1.54, 1.807) is 41.4 Å². The largest absolute Gasteiger partial charge is 0.354 e. The van der Waals surface area contributed by atoms with Gasteiger partial charge in [0.05, 0.1) is 27.8 Å². The molecule has 0 radical (unpaired) electrons. The molecule has 6 rings (SSSR count). The number of hydrogen-bond donors (Lipinski definition) is 2. The van der Waals surface area contributed by atoms with Crippen molar-refractivity contribution >= 4 is 46.0 Å². The number of pyridine rings is 1. The van der Waals surface area contributed by atoms with Gasteiger partial charge in [0, 0.05) is 43.2 Å². The van der Waals surface area contributed by atoms with E-state index in [1.165, 1.54) is 0 Å². The van der Waals surface area contributed by atoms with E-state index < -0.39 is 29.7 Å². The van der Waals surface area contributed by atoms with Crippen molar-refractivity contribution in [3.8, 4) is 11.1 Å². The lowest BCUT2D eigenvalue weighted by Crippen LogP contribution is -2.54. The fourth-order valence-corrected chi connectivity index (χ4v) is 5.64. The Morgan fingerprint density at radius 2 is 1.52 bits per heavy atom. The zero-order valence-electron chi connectivity index (χ0n) is 22.4. The molecular weight excluding hydrogens is 512 g/mol. The van der Waals surface area contributed by atoms with Gasteiger partial charge in [0.1, 0.15) is 6.04 Å².